The van der Waals surface area contributed by atoms with E-state index in [4.69, 9.17) is 0 Å². The Morgan fingerprint density at radius 2 is 2.00 bits per heavy atom. The molecule has 0 saturated heterocycles. The van der Waals surface area contributed by atoms with Crippen LogP contribution in [0.25, 0.3) is 0 Å². The number of benzene rings is 1. The van der Waals surface area contributed by atoms with Crippen LogP contribution in [-0.2, 0) is 13.1 Å². The number of thioether (sulfide) groups is 1. The van der Waals surface area contributed by atoms with Crippen molar-refractivity contribution in [3.8, 4) is 0 Å². The second kappa shape index (κ2) is 9.89. The summed E-state index contributed by atoms with van der Waals surface area (Å²) in [5, 5.41) is 6.63. The lowest BCUT2D eigenvalue weighted by atomic mass is 10.1. The van der Waals surface area contributed by atoms with Crippen molar-refractivity contribution in [2.75, 3.05) is 33.4 Å². The van der Waals surface area contributed by atoms with Crippen LogP contribution < -0.4 is 10.6 Å². The molecule has 6 heteroatoms. The number of aliphatic imine (C=N–C) groups is 1. The number of hydrogen-bond donors (Lipinski definition) is 2. The Balaban J connectivity index is 2.78. The highest BCUT2D eigenvalue weighted by molar-refractivity contribution is 7.99. The molecule has 0 heterocycles. The van der Waals surface area contributed by atoms with Crippen molar-refractivity contribution in [1.29, 1.82) is 0 Å². The Kier molecular flexibility index (Phi) is 8.56. The summed E-state index contributed by atoms with van der Waals surface area (Å²) in [5.41, 5.74) is 1.71. The van der Waals surface area contributed by atoms with Gasteiger partial charge in [-0.15, -0.1) is 0 Å². The summed E-state index contributed by atoms with van der Waals surface area (Å²) in [6.45, 7) is 9.18. The molecule has 0 fully saturated rings. The summed E-state index contributed by atoms with van der Waals surface area (Å²) in [6, 6.07) is 5.22. The van der Waals surface area contributed by atoms with Crippen molar-refractivity contribution < 1.29 is 4.39 Å². The van der Waals surface area contributed by atoms with Crippen molar-refractivity contribution in [1.82, 2.24) is 15.5 Å². The van der Waals surface area contributed by atoms with Crippen molar-refractivity contribution in [2.24, 2.45) is 4.99 Å². The third-order valence-electron chi connectivity index (χ3n) is 3.59. The molecule has 0 saturated carbocycles. The van der Waals surface area contributed by atoms with E-state index in [1.807, 2.05) is 43.7 Å². The van der Waals surface area contributed by atoms with Gasteiger partial charge in [-0.05, 0) is 58.8 Å². The maximum Gasteiger partial charge on any atom is 0.191 e. The van der Waals surface area contributed by atoms with Crippen LogP contribution in [0.3, 0.4) is 0 Å². The zero-order valence-electron chi connectivity index (χ0n) is 15.7. The van der Waals surface area contributed by atoms with Crippen LogP contribution in [0.1, 0.15) is 31.9 Å². The number of halogens is 1. The first-order valence-corrected chi connectivity index (χ1v) is 9.49. The largest absolute Gasteiger partial charge is 0.357 e. The van der Waals surface area contributed by atoms with Gasteiger partial charge < -0.3 is 15.5 Å². The lowest BCUT2D eigenvalue weighted by molar-refractivity contribution is 0.392. The maximum absolute atomic E-state index is 13.9. The second-order valence-corrected chi connectivity index (χ2v) is 8.19. The number of hydrogen-bond acceptors (Lipinski definition) is 3. The van der Waals surface area contributed by atoms with Gasteiger partial charge in [-0.1, -0.05) is 6.07 Å². The van der Waals surface area contributed by atoms with E-state index in [0.29, 0.717) is 18.7 Å². The summed E-state index contributed by atoms with van der Waals surface area (Å²) in [5.74, 6) is 0.626. The summed E-state index contributed by atoms with van der Waals surface area (Å²) < 4.78 is 14.0. The van der Waals surface area contributed by atoms with Gasteiger partial charge in [0.2, 0.25) is 0 Å². The van der Waals surface area contributed by atoms with Crippen LogP contribution in [-0.4, -0.2) is 49.0 Å². The van der Waals surface area contributed by atoms with Crippen LogP contribution in [0.15, 0.2) is 23.2 Å². The normalized spacial score (nSPS) is 12.6. The molecule has 24 heavy (non-hydrogen) atoms. The van der Waals surface area contributed by atoms with Crippen LogP contribution in [0.4, 0.5) is 4.39 Å². The van der Waals surface area contributed by atoms with Gasteiger partial charge in [0, 0.05) is 29.9 Å². The lowest BCUT2D eigenvalue weighted by Crippen LogP contribution is -2.43. The summed E-state index contributed by atoms with van der Waals surface area (Å²) >= 11 is 1.82. The molecular formula is C18H31FN4S. The molecule has 0 aliphatic rings. The van der Waals surface area contributed by atoms with Gasteiger partial charge >= 0.3 is 0 Å². The zero-order chi connectivity index (χ0) is 18.2. The highest BCUT2D eigenvalue weighted by Crippen LogP contribution is 2.19. The van der Waals surface area contributed by atoms with Crippen LogP contribution in [0.5, 0.6) is 0 Å². The molecule has 0 aromatic heterocycles. The SMILES string of the molecule is CCNC(=NCc1ccc(F)c(CN(C)C)c1)NCC(C)(C)SC. The molecule has 136 valence electrons. The lowest BCUT2D eigenvalue weighted by Gasteiger charge is -2.23. The molecule has 1 aromatic carbocycles. The minimum atomic E-state index is -0.164. The minimum absolute atomic E-state index is 0.144. The zero-order valence-corrected chi connectivity index (χ0v) is 16.6. The molecule has 0 aliphatic heterocycles. The van der Waals surface area contributed by atoms with Crippen LogP contribution >= 0.6 is 11.8 Å². The Hall–Kier alpha value is -1.27. The number of rotatable bonds is 8. The van der Waals surface area contributed by atoms with Crippen LogP contribution in [0.2, 0.25) is 0 Å². The van der Waals surface area contributed by atoms with E-state index >= 15 is 0 Å². The fourth-order valence-corrected chi connectivity index (χ4v) is 2.29. The average Bonchev–Trinajstić information content (AvgIpc) is 2.52. The molecule has 0 amide bonds. The summed E-state index contributed by atoms with van der Waals surface area (Å²) in [4.78, 5) is 6.58. The maximum atomic E-state index is 13.9. The van der Waals surface area contributed by atoms with Gasteiger partial charge in [0.15, 0.2) is 5.96 Å². The Labute approximate surface area is 150 Å². The third-order valence-corrected chi connectivity index (χ3v) is 4.84. The summed E-state index contributed by atoms with van der Waals surface area (Å²) in [6.07, 6.45) is 2.11. The average molecular weight is 355 g/mol. The first-order valence-electron chi connectivity index (χ1n) is 8.26. The highest BCUT2D eigenvalue weighted by atomic mass is 32.2. The van der Waals surface area contributed by atoms with E-state index in [-0.39, 0.29) is 10.6 Å². The van der Waals surface area contributed by atoms with Crippen molar-refractivity contribution >= 4 is 17.7 Å². The third kappa shape index (κ3) is 7.53. The van der Waals surface area contributed by atoms with E-state index in [9.17, 15) is 4.39 Å². The number of nitrogens with zero attached hydrogens (tertiary/aromatic N) is 2. The van der Waals surface area contributed by atoms with Crippen molar-refractivity contribution in [3.05, 3.63) is 35.1 Å². The second-order valence-electron chi connectivity index (χ2n) is 6.68. The van der Waals surface area contributed by atoms with E-state index in [1.54, 1.807) is 6.07 Å². The molecule has 0 unspecified atom stereocenters. The van der Waals surface area contributed by atoms with Crippen molar-refractivity contribution in [2.45, 2.75) is 38.6 Å². The molecule has 1 aromatic rings. The fourth-order valence-electron chi connectivity index (χ4n) is 2.07. The molecule has 0 aliphatic carbocycles. The minimum Gasteiger partial charge on any atom is -0.357 e. The fraction of sp³-hybridized carbons (Fsp3) is 0.611. The highest BCUT2D eigenvalue weighted by Gasteiger charge is 2.16. The van der Waals surface area contributed by atoms with E-state index in [0.717, 1.165) is 24.6 Å². The first kappa shape index (κ1) is 20.8. The number of nitrogens with one attached hydrogen (secondary N) is 2. The predicted octanol–water partition coefficient (Wildman–Crippen LogP) is 3.08. The molecule has 2 N–H and O–H groups in total. The number of guanidine groups is 1. The van der Waals surface area contributed by atoms with Gasteiger partial charge in [-0.3, -0.25) is 0 Å². The molecule has 4 nitrogen and oxygen atoms in total. The predicted molar refractivity (Wildman–Crippen MR) is 104 cm³/mol. The molecule has 0 spiro atoms. The van der Waals surface area contributed by atoms with Gasteiger partial charge in [-0.2, -0.15) is 11.8 Å². The molecular weight excluding hydrogens is 323 g/mol. The van der Waals surface area contributed by atoms with Crippen LogP contribution in [0, 0.1) is 5.82 Å². The van der Waals surface area contributed by atoms with Gasteiger partial charge in [0.05, 0.1) is 6.54 Å². The topological polar surface area (TPSA) is 39.7 Å². The summed E-state index contributed by atoms with van der Waals surface area (Å²) in [7, 11) is 3.87. The van der Waals surface area contributed by atoms with E-state index < -0.39 is 0 Å². The first-order chi connectivity index (χ1) is 11.3. The van der Waals surface area contributed by atoms with Crippen molar-refractivity contribution in [3.63, 3.8) is 0 Å². The van der Waals surface area contributed by atoms with Gasteiger partial charge in [0.25, 0.3) is 0 Å². The quantitative estimate of drug-likeness (QED) is 0.556. The van der Waals surface area contributed by atoms with E-state index in [1.165, 1.54) is 6.07 Å². The molecule has 0 bridgehead atoms. The Bertz CT molecular complexity index is 544. The van der Waals surface area contributed by atoms with Gasteiger partial charge in [-0.25, -0.2) is 9.38 Å². The van der Waals surface area contributed by atoms with E-state index in [2.05, 4.69) is 35.7 Å². The molecule has 0 atom stereocenters. The smallest absolute Gasteiger partial charge is 0.191 e. The molecule has 0 radical (unpaired) electrons. The van der Waals surface area contributed by atoms with Gasteiger partial charge in [0.1, 0.15) is 5.82 Å². The monoisotopic (exact) mass is 354 g/mol. The molecule has 1 rings (SSSR count). The Morgan fingerprint density at radius 3 is 2.58 bits per heavy atom. The standard InChI is InChI=1S/C18H31FN4S/c1-7-20-17(22-13-18(2,3)24-6)21-11-14-8-9-16(19)15(10-14)12-23(4)5/h8-10H,7,11-13H2,1-6H3,(H2,20,21,22). The Morgan fingerprint density at radius 1 is 1.29 bits per heavy atom.